The monoisotopic (exact) mass is 344 g/mol. The third-order valence-electron chi connectivity index (χ3n) is 3.48. The van der Waals surface area contributed by atoms with Crippen molar-refractivity contribution >= 4 is 34.1 Å². The number of anilines is 1. The Balaban J connectivity index is 1.80. The fourth-order valence-electron chi connectivity index (χ4n) is 2.24. The van der Waals surface area contributed by atoms with Gasteiger partial charge in [0.05, 0.1) is 18.7 Å². The van der Waals surface area contributed by atoms with Crippen molar-refractivity contribution in [3.8, 4) is 5.88 Å². The predicted molar refractivity (Wildman–Crippen MR) is 93.8 cm³/mol. The second-order valence-corrected chi connectivity index (χ2v) is 6.10. The third-order valence-corrected chi connectivity index (χ3v) is 4.53. The van der Waals surface area contributed by atoms with Crippen LogP contribution < -0.4 is 20.8 Å². The van der Waals surface area contributed by atoms with Gasteiger partial charge in [-0.15, -0.1) is 11.3 Å². The number of rotatable bonds is 4. The first-order chi connectivity index (χ1) is 11.6. The van der Waals surface area contributed by atoms with Gasteiger partial charge in [0.15, 0.2) is 0 Å². The second-order valence-electron chi connectivity index (χ2n) is 5.12. The maximum Gasteiger partial charge on any atom is 0.319 e. The molecule has 0 fully saturated rings. The van der Waals surface area contributed by atoms with Gasteiger partial charge in [-0.2, -0.15) is 0 Å². The van der Waals surface area contributed by atoms with Crippen LogP contribution in [0.25, 0.3) is 11.0 Å². The van der Waals surface area contributed by atoms with Gasteiger partial charge in [0.25, 0.3) is 0 Å². The number of aromatic amines is 1. The van der Waals surface area contributed by atoms with Crippen LogP contribution in [0.1, 0.15) is 17.8 Å². The van der Waals surface area contributed by atoms with Crippen molar-refractivity contribution in [2.24, 2.45) is 0 Å². The van der Waals surface area contributed by atoms with E-state index in [2.05, 4.69) is 20.6 Å². The maximum atomic E-state index is 12.5. The molecule has 3 rings (SSSR count). The Morgan fingerprint density at radius 1 is 1.38 bits per heavy atom. The molecule has 0 spiro atoms. The molecule has 0 aliphatic carbocycles. The number of hydrogen-bond donors (Lipinski definition) is 3. The number of thiophene rings is 1. The number of nitrogens with zero attached hydrogens (tertiary/aromatic N) is 1. The number of carbonyl (C=O) groups excluding carboxylic acids is 1. The summed E-state index contributed by atoms with van der Waals surface area (Å²) >= 11 is 1.55. The highest BCUT2D eigenvalue weighted by Gasteiger charge is 2.13. The van der Waals surface area contributed by atoms with Gasteiger partial charge < -0.3 is 20.4 Å². The second kappa shape index (κ2) is 6.71. The average molecular weight is 344 g/mol. The molecule has 124 valence electrons. The summed E-state index contributed by atoms with van der Waals surface area (Å²) in [4.78, 5) is 32.7. The van der Waals surface area contributed by atoms with Gasteiger partial charge >= 0.3 is 6.03 Å². The van der Waals surface area contributed by atoms with Crippen LogP contribution in [0.4, 0.5) is 10.5 Å². The molecule has 3 N–H and O–H groups in total. The number of fused-ring (bicyclic) bond motifs is 1. The van der Waals surface area contributed by atoms with Gasteiger partial charge in [0.2, 0.25) is 11.3 Å². The summed E-state index contributed by atoms with van der Waals surface area (Å²) in [5, 5.41) is 7.30. The van der Waals surface area contributed by atoms with E-state index in [1.54, 1.807) is 23.5 Å². The number of pyridine rings is 2. The van der Waals surface area contributed by atoms with Crippen LogP contribution in [0.5, 0.6) is 5.88 Å². The Morgan fingerprint density at radius 2 is 2.21 bits per heavy atom. The summed E-state index contributed by atoms with van der Waals surface area (Å²) < 4.78 is 5.03. The quantitative estimate of drug-likeness (QED) is 0.678. The van der Waals surface area contributed by atoms with Crippen LogP contribution >= 0.6 is 11.3 Å². The zero-order valence-corrected chi connectivity index (χ0v) is 13.9. The molecule has 0 saturated heterocycles. The van der Waals surface area contributed by atoms with Gasteiger partial charge in [-0.05, 0) is 24.4 Å². The van der Waals surface area contributed by atoms with Gasteiger partial charge in [-0.25, -0.2) is 9.78 Å². The first kappa shape index (κ1) is 16.0. The van der Waals surface area contributed by atoms with Crippen LogP contribution in [0.3, 0.4) is 0 Å². The molecule has 3 aromatic heterocycles. The number of ether oxygens (including phenoxy) is 1. The van der Waals surface area contributed by atoms with Crippen molar-refractivity contribution in [1.82, 2.24) is 15.3 Å². The molecule has 0 aliphatic rings. The third kappa shape index (κ3) is 3.23. The molecule has 0 saturated carbocycles. The Bertz CT molecular complexity index is 921. The van der Waals surface area contributed by atoms with E-state index in [9.17, 15) is 9.59 Å². The van der Waals surface area contributed by atoms with Crippen LogP contribution in [-0.2, 0) is 0 Å². The van der Waals surface area contributed by atoms with Crippen molar-refractivity contribution < 1.29 is 9.53 Å². The van der Waals surface area contributed by atoms with Crippen LogP contribution in [0, 0.1) is 0 Å². The van der Waals surface area contributed by atoms with E-state index in [4.69, 9.17) is 4.74 Å². The SMILES string of the molecule is COc1ccc2[nH]cc(NC(=O)N[C@@H](C)c3cccs3)c(=O)c2n1. The number of methoxy groups -OCH3 is 1. The van der Waals surface area contributed by atoms with Gasteiger partial charge in [0.1, 0.15) is 11.2 Å². The fourth-order valence-corrected chi connectivity index (χ4v) is 2.98. The molecule has 8 heteroatoms. The van der Waals surface area contributed by atoms with Gasteiger partial charge in [-0.3, -0.25) is 4.79 Å². The van der Waals surface area contributed by atoms with Crippen molar-refractivity contribution in [2.45, 2.75) is 13.0 Å². The van der Waals surface area contributed by atoms with E-state index >= 15 is 0 Å². The summed E-state index contributed by atoms with van der Waals surface area (Å²) in [6.45, 7) is 1.88. The topological polar surface area (TPSA) is 96.1 Å². The molecule has 0 unspecified atom stereocenters. The standard InChI is InChI=1S/C16H16N4O3S/c1-9(12-4-3-7-24-12)18-16(22)19-11-8-17-10-5-6-13(23-2)20-14(10)15(11)21/h3-9H,1-2H3,(H,17,21)(H2,18,19,22)/t9-/m0/s1. The lowest BCUT2D eigenvalue weighted by molar-refractivity contribution is 0.249. The number of amides is 2. The lowest BCUT2D eigenvalue weighted by Gasteiger charge is -2.13. The number of carbonyl (C=O) groups is 1. The Kier molecular flexibility index (Phi) is 4.48. The summed E-state index contributed by atoms with van der Waals surface area (Å²) in [6.07, 6.45) is 1.45. The zero-order chi connectivity index (χ0) is 17.1. The van der Waals surface area contributed by atoms with E-state index in [-0.39, 0.29) is 22.7 Å². The van der Waals surface area contributed by atoms with E-state index in [1.807, 2.05) is 24.4 Å². The summed E-state index contributed by atoms with van der Waals surface area (Å²) in [6, 6.07) is 6.61. The zero-order valence-electron chi connectivity index (χ0n) is 13.1. The van der Waals surface area contributed by atoms with E-state index in [0.717, 1.165) is 4.88 Å². The maximum absolute atomic E-state index is 12.5. The summed E-state index contributed by atoms with van der Waals surface area (Å²) in [5.41, 5.74) is 0.526. The largest absolute Gasteiger partial charge is 0.481 e. The van der Waals surface area contributed by atoms with Crippen LogP contribution in [-0.4, -0.2) is 23.1 Å². The predicted octanol–water partition coefficient (Wildman–Crippen LogP) is 2.88. The van der Waals surface area contributed by atoms with Crippen molar-refractivity contribution in [3.63, 3.8) is 0 Å². The molecule has 0 aliphatic heterocycles. The van der Waals surface area contributed by atoms with E-state index in [1.165, 1.54) is 13.3 Å². The molecule has 0 radical (unpaired) electrons. The van der Waals surface area contributed by atoms with Gasteiger partial charge in [0, 0.05) is 17.1 Å². The highest BCUT2D eigenvalue weighted by Crippen LogP contribution is 2.18. The van der Waals surface area contributed by atoms with E-state index < -0.39 is 6.03 Å². The molecular weight excluding hydrogens is 328 g/mol. The molecule has 3 heterocycles. The minimum absolute atomic E-state index is 0.124. The lowest BCUT2D eigenvalue weighted by atomic mass is 10.3. The molecule has 24 heavy (non-hydrogen) atoms. The Labute approximate surface area is 141 Å². The molecule has 2 amide bonds. The first-order valence-corrected chi connectivity index (χ1v) is 8.14. The smallest absolute Gasteiger partial charge is 0.319 e. The van der Waals surface area contributed by atoms with Crippen LogP contribution in [0.2, 0.25) is 0 Å². The number of aromatic nitrogens is 2. The Hall–Kier alpha value is -2.87. The number of H-pyrrole nitrogens is 1. The van der Waals surface area contributed by atoms with Crippen molar-refractivity contribution in [3.05, 3.63) is 50.9 Å². The molecule has 0 aromatic carbocycles. The van der Waals surface area contributed by atoms with Crippen LogP contribution in [0.15, 0.2) is 40.6 Å². The molecule has 3 aromatic rings. The summed E-state index contributed by atoms with van der Waals surface area (Å²) in [5.74, 6) is 0.334. The van der Waals surface area contributed by atoms with Gasteiger partial charge in [-0.1, -0.05) is 6.07 Å². The summed E-state index contributed by atoms with van der Waals surface area (Å²) in [7, 11) is 1.48. The highest BCUT2D eigenvalue weighted by molar-refractivity contribution is 7.10. The minimum Gasteiger partial charge on any atom is -0.481 e. The average Bonchev–Trinajstić information content (AvgIpc) is 3.12. The number of nitrogens with one attached hydrogen (secondary N) is 3. The normalized spacial score (nSPS) is 11.9. The molecule has 0 bridgehead atoms. The van der Waals surface area contributed by atoms with Crippen molar-refractivity contribution in [2.75, 3.05) is 12.4 Å². The number of hydrogen-bond acceptors (Lipinski definition) is 5. The Morgan fingerprint density at radius 3 is 2.92 bits per heavy atom. The number of urea groups is 1. The van der Waals surface area contributed by atoms with Crippen molar-refractivity contribution in [1.29, 1.82) is 0 Å². The molecular formula is C16H16N4O3S. The fraction of sp³-hybridized carbons (Fsp3) is 0.188. The molecule has 1 atom stereocenters. The highest BCUT2D eigenvalue weighted by atomic mass is 32.1. The van der Waals surface area contributed by atoms with E-state index in [0.29, 0.717) is 11.4 Å². The lowest BCUT2D eigenvalue weighted by Crippen LogP contribution is -2.32. The minimum atomic E-state index is -0.455. The molecule has 7 nitrogen and oxygen atoms in total. The first-order valence-electron chi connectivity index (χ1n) is 7.26.